The normalized spacial score (nSPS) is 36.0. The van der Waals surface area contributed by atoms with Crippen molar-refractivity contribution in [3.8, 4) is 0 Å². The quantitative estimate of drug-likeness (QED) is 0.514. The fourth-order valence-corrected chi connectivity index (χ4v) is 3.15. The highest BCUT2D eigenvalue weighted by Crippen LogP contribution is 2.26. The van der Waals surface area contributed by atoms with Crippen molar-refractivity contribution in [2.24, 2.45) is 0 Å². The number of benzene rings is 1. The Balaban J connectivity index is 1.59. The first-order chi connectivity index (χ1) is 12.0. The van der Waals surface area contributed by atoms with Crippen LogP contribution in [-0.4, -0.2) is 81.2 Å². The highest BCUT2D eigenvalue weighted by Gasteiger charge is 2.45. The molecule has 1 aromatic rings. The maximum Gasteiger partial charge on any atom is 0.225 e. The fourth-order valence-electron chi connectivity index (χ4n) is 3.15. The lowest BCUT2D eigenvalue weighted by Crippen LogP contribution is -2.59. The molecule has 0 radical (unpaired) electrons. The minimum Gasteiger partial charge on any atom is -0.394 e. The van der Waals surface area contributed by atoms with E-state index in [2.05, 4.69) is 0 Å². The van der Waals surface area contributed by atoms with Crippen LogP contribution < -0.4 is 0 Å². The third-order valence-corrected chi connectivity index (χ3v) is 4.57. The molecule has 2 saturated heterocycles. The second-order valence-electron chi connectivity index (χ2n) is 6.42. The Kier molecular flexibility index (Phi) is 5.67. The van der Waals surface area contributed by atoms with E-state index in [0.29, 0.717) is 13.1 Å². The monoisotopic (exact) mass is 353 g/mol. The van der Waals surface area contributed by atoms with Gasteiger partial charge in [0, 0.05) is 13.1 Å². The number of aliphatic hydroxyl groups is 4. The van der Waals surface area contributed by atoms with E-state index in [1.165, 1.54) is 0 Å². The van der Waals surface area contributed by atoms with Gasteiger partial charge in [0.1, 0.15) is 24.4 Å². The molecule has 2 aliphatic heterocycles. The van der Waals surface area contributed by atoms with Crippen LogP contribution in [0.15, 0.2) is 30.3 Å². The fraction of sp³-hybridized carbons (Fsp3) is 0.588. The molecule has 138 valence electrons. The Morgan fingerprint density at radius 1 is 1.12 bits per heavy atom. The Morgan fingerprint density at radius 2 is 1.84 bits per heavy atom. The smallest absolute Gasteiger partial charge is 0.225 e. The molecule has 2 fully saturated rings. The second kappa shape index (κ2) is 7.77. The Bertz CT molecular complexity index is 582. The summed E-state index contributed by atoms with van der Waals surface area (Å²) in [6, 6.07) is 9.56. The van der Waals surface area contributed by atoms with Crippen molar-refractivity contribution in [3.63, 3.8) is 0 Å². The van der Waals surface area contributed by atoms with Gasteiger partial charge in [-0.3, -0.25) is 4.79 Å². The summed E-state index contributed by atoms with van der Waals surface area (Å²) in [5.74, 6) is -0.0709. The number of hydrogen-bond donors (Lipinski definition) is 4. The predicted molar refractivity (Wildman–Crippen MR) is 85.1 cm³/mol. The van der Waals surface area contributed by atoms with Gasteiger partial charge >= 0.3 is 0 Å². The van der Waals surface area contributed by atoms with Gasteiger partial charge in [-0.2, -0.15) is 0 Å². The maximum atomic E-state index is 12.2. The number of carbonyl (C=O) groups excluding carboxylic acids is 1. The minimum atomic E-state index is -1.49. The zero-order chi connectivity index (χ0) is 18.0. The van der Waals surface area contributed by atoms with Gasteiger partial charge < -0.3 is 34.8 Å². The Labute approximate surface area is 145 Å². The summed E-state index contributed by atoms with van der Waals surface area (Å²) in [6.07, 6.45) is -6.99. The SMILES string of the molecule is O=C1C[C@@H](O[C@H]2O[C@H](CO)[C@@H](O)[C@H](O)[C@H]2O)CN1Cc1ccccc1. The summed E-state index contributed by atoms with van der Waals surface area (Å²) in [5.41, 5.74) is 1.00. The molecule has 0 unspecified atom stereocenters. The lowest BCUT2D eigenvalue weighted by atomic mass is 9.99. The third-order valence-electron chi connectivity index (χ3n) is 4.57. The first-order valence-electron chi connectivity index (χ1n) is 8.27. The average molecular weight is 353 g/mol. The molecule has 0 saturated carbocycles. The zero-order valence-corrected chi connectivity index (χ0v) is 13.6. The number of likely N-dealkylation sites (tertiary alicyclic amines) is 1. The average Bonchev–Trinajstić information content (AvgIpc) is 2.95. The summed E-state index contributed by atoms with van der Waals surface area (Å²) in [7, 11) is 0. The molecular formula is C17H23NO7. The minimum absolute atomic E-state index is 0.0709. The number of ether oxygens (including phenoxy) is 2. The molecule has 0 aromatic heterocycles. The first kappa shape index (κ1) is 18.2. The van der Waals surface area contributed by atoms with Crippen molar-refractivity contribution >= 4 is 5.91 Å². The van der Waals surface area contributed by atoms with E-state index in [-0.39, 0.29) is 12.3 Å². The van der Waals surface area contributed by atoms with Gasteiger partial charge in [-0.25, -0.2) is 0 Å². The molecule has 0 spiro atoms. The molecule has 2 aliphatic rings. The molecule has 0 bridgehead atoms. The molecular weight excluding hydrogens is 330 g/mol. The molecule has 25 heavy (non-hydrogen) atoms. The standard InChI is InChI=1S/C17H23NO7/c19-9-12-14(21)15(22)16(23)17(25-12)24-11-6-13(20)18(8-11)7-10-4-2-1-3-5-10/h1-5,11-12,14-17,19,21-23H,6-9H2/t11-,12-,14-,15+,16-,17+/m1/s1. The van der Waals surface area contributed by atoms with Gasteiger partial charge in [0.15, 0.2) is 6.29 Å². The Hall–Kier alpha value is -1.55. The molecule has 1 aromatic carbocycles. The summed E-state index contributed by atoms with van der Waals surface area (Å²) in [5, 5.41) is 38.8. The van der Waals surface area contributed by atoms with Gasteiger partial charge in [-0.15, -0.1) is 0 Å². The summed E-state index contributed by atoms with van der Waals surface area (Å²) in [4.78, 5) is 13.8. The molecule has 3 rings (SSSR count). The summed E-state index contributed by atoms with van der Waals surface area (Å²) in [6.45, 7) is 0.283. The van der Waals surface area contributed by atoms with Gasteiger partial charge in [-0.05, 0) is 5.56 Å². The van der Waals surface area contributed by atoms with E-state index in [4.69, 9.17) is 9.47 Å². The van der Waals surface area contributed by atoms with Crippen LogP contribution in [0.1, 0.15) is 12.0 Å². The van der Waals surface area contributed by atoms with Crippen LogP contribution in [0.3, 0.4) is 0 Å². The topological polar surface area (TPSA) is 120 Å². The lowest BCUT2D eigenvalue weighted by molar-refractivity contribution is -0.310. The van der Waals surface area contributed by atoms with E-state index in [9.17, 15) is 25.2 Å². The van der Waals surface area contributed by atoms with E-state index in [1.807, 2.05) is 30.3 Å². The second-order valence-corrected chi connectivity index (χ2v) is 6.42. The zero-order valence-electron chi connectivity index (χ0n) is 13.6. The van der Waals surface area contributed by atoms with Crippen LogP contribution in [0, 0.1) is 0 Å². The van der Waals surface area contributed by atoms with E-state index >= 15 is 0 Å². The maximum absolute atomic E-state index is 12.2. The van der Waals surface area contributed by atoms with Gasteiger partial charge in [0.05, 0.1) is 19.1 Å². The van der Waals surface area contributed by atoms with E-state index < -0.39 is 43.4 Å². The summed E-state index contributed by atoms with van der Waals surface area (Å²) < 4.78 is 11.0. The van der Waals surface area contributed by atoms with Gasteiger partial charge in [-0.1, -0.05) is 30.3 Å². The lowest BCUT2D eigenvalue weighted by Gasteiger charge is -2.40. The first-order valence-corrected chi connectivity index (χ1v) is 8.27. The Morgan fingerprint density at radius 3 is 2.52 bits per heavy atom. The molecule has 1 amide bonds. The largest absolute Gasteiger partial charge is 0.394 e. The van der Waals surface area contributed by atoms with Crippen molar-refractivity contribution in [1.82, 2.24) is 4.90 Å². The summed E-state index contributed by atoms with van der Waals surface area (Å²) >= 11 is 0. The highest BCUT2D eigenvalue weighted by atomic mass is 16.7. The highest BCUT2D eigenvalue weighted by molar-refractivity contribution is 5.79. The van der Waals surface area contributed by atoms with Crippen LogP contribution in [-0.2, 0) is 20.8 Å². The van der Waals surface area contributed by atoms with Crippen LogP contribution in [0.5, 0.6) is 0 Å². The van der Waals surface area contributed by atoms with Gasteiger partial charge in [0.25, 0.3) is 0 Å². The number of carbonyl (C=O) groups is 1. The third kappa shape index (κ3) is 4.00. The van der Waals surface area contributed by atoms with Gasteiger partial charge in [0.2, 0.25) is 5.91 Å². The number of amides is 1. The number of nitrogens with zero attached hydrogens (tertiary/aromatic N) is 1. The van der Waals surface area contributed by atoms with Crippen molar-refractivity contribution in [2.75, 3.05) is 13.2 Å². The molecule has 8 heteroatoms. The van der Waals surface area contributed by atoms with E-state index in [1.54, 1.807) is 4.90 Å². The molecule has 8 nitrogen and oxygen atoms in total. The van der Waals surface area contributed by atoms with Crippen molar-refractivity contribution < 1.29 is 34.7 Å². The van der Waals surface area contributed by atoms with Crippen LogP contribution in [0.4, 0.5) is 0 Å². The van der Waals surface area contributed by atoms with E-state index in [0.717, 1.165) is 5.56 Å². The number of aliphatic hydroxyl groups excluding tert-OH is 4. The predicted octanol–water partition coefficient (Wildman–Crippen LogP) is -1.40. The van der Waals surface area contributed by atoms with Crippen LogP contribution in [0.25, 0.3) is 0 Å². The van der Waals surface area contributed by atoms with Crippen LogP contribution >= 0.6 is 0 Å². The van der Waals surface area contributed by atoms with Crippen molar-refractivity contribution in [1.29, 1.82) is 0 Å². The number of hydrogen-bond acceptors (Lipinski definition) is 7. The van der Waals surface area contributed by atoms with Crippen molar-refractivity contribution in [2.45, 2.75) is 49.8 Å². The molecule has 2 heterocycles. The van der Waals surface area contributed by atoms with Crippen LogP contribution in [0.2, 0.25) is 0 Å². The molecule has 6 atom stereocenters. The molecule has 0 aliphatic carbocycles. The molecule has 4 N–H and O–H groups in total. The number of rotatable bonds is 5. The van der Waals surface area contributed by atoms with Crippen molar-refractivity contribution in [3.05, 3.63) is 35.9 Å².